The highest BCUT2D eigenvalue weighted by Crippen LogP contribution is 2.40. The average Bonchev–Trinajstić information content (AvgIpc) is 2.51. The minimum atomic E-state index is -4.72. The molecule has 23 heavy (non-hydrogen) atoms. The van der Waals surface area contributed by atoms with E-state index in [0.717, 1.165) is 6.08 Å². The lowest BCUT2D eigenvalue weighted by atomic mass is 9.98. The fourth-order valence-electron chi connectivity index (χ4n) is 2.00. The molecule has 3 nitrogen and oxygen atoms in total. The van der Waals surface area contributed by atoms with E-state index >= 15 is 0 Å². The van der Waals surface area contributed by atoms with Gasteiger partial charge in [0, 0.05) is 10.6 Å². The van der Waals surface area contributed by atoms with E-state index in [2.05, 4.69) is 4.74 Å². The summed E-state index contributed by atoms with van der Waals surface area (Å²) in [6, 6.07) is 2.80. The van der Waals surface area contributed by atoms with Crippen LogP contribution in [0.3, 0.4) is 0 Å². The van der Waals surface area contributed by atoms with Gasteiger partial charge in [0.05, 0.1) is 12.2 Å². The van der Waals surface area contributed by atoms with Crippen LogP contribution in [-0.2, 0) is 9.53 Å². The number of esters is 1. The monoisotopic (exact) mass is 350 g/mol. The van der Waals surface area contributed by atoms with Gasteiger partial charge in [-0.25, -0.2) is 4.79 Å². The lowest BCUT2D eigenvalue weighted by Gasteiger charge is -2.28. The summed E-state index contributed by atoms with van der Waals surface area (Å²) in [7, 11) is 0. The van der Waals surface area contributed by atoms with Crippen LogP contribution in [-0.4, -0.2) is 24.9 Å². The normalized spacial score (nSPS) is 16.3. The van der Waals surface area contributed by atoms with E-state index in [-0.39, 0.29) is 12.4 Å². The Balaban J connectivity index is 0.00000127. The van der Waals surface area contributed by atoms with Gasteiger partial charge in [-0.3, -0.25) is 0 Å². The first-order chi connectivity index (χ1) is 10.8. The molecule has 0 saturated carbocycles. The van der Waals surface area contributed by atoms with Crippen molar-refractivity contribution in [2.45, 2.75) is 40.0 Å². The number of hydrogen-bond acceptors (Lipinski definition) is 3. The summed E-state index contributed by atoms with van der Waals surface area (Å²) in [6.45, 7) is 7.13. The fourth-order valence-corrected chi connectivity index (χ4v) is 2.17. The van der Waals surface area contributed by atoms with Gasteiger partial charge in [0.25, 0.3) is 0 Å². The van der Waals surface area contributed by atoms with Crippen molar-refractivity contribution >= 4 is 23.6 Å². The van der Waals surface area contributed by atoms with Crippen molar-refractivity contribution in [2.24, 2.45) is 0 Å². The molecule has 1 aliphatic rings. The molecular formula is C16H18ClF3O3. The second-order valence-electron chi connectivity index (χ2n) is 4.44. The third kappa shape index (κ3) is 4.19. The summed E-state index contributed by atoms with van der Waals surface area (Å²) in [5.41, 5.74) is 0.310. The van der Waals surface area contributed by atoms with Crippen LogP contribution in [0.4, 0.5) is 13.2 Å². The molecule has 1 aliphatic heterocycles. The second-order valence-corrected chi connectivity index (χ2v) is 4.85. The van der Waals surface area contributed by atoms with Crippen LogP contribution in [0.1, 0.15) is 31.9 Å². The molecule has 0 spiro atoms. The lowest BCUT2D eigenvalue weighted by Crippen LogP contribution is -2.40. The average molecular weight is 351 g/mol. The number of benzene rings is 1. The van der Waals surface area contributed by atoms with Crippen molar-refractivity contribution in [3.63, 3.8) is 0 Å². The fraction of sp³-hybridized carbons (Fsp3) is 0.438. The highest BCUT2D eigenvalue weighted by atomic mass is 35.5. The number of carbonyl (C=O) groups excluding carboxylic acids is 1. The number of carbonyl (C=O) groups is 1. The number of ether oxygens (including phenoxy) is 2. The van der Waals surface area contributed by atoms with Crippen molar-refractivity contribution in [1.82, 2.24) is 0 Å². The molecule has 0 bridgehead atoms. The van der Waals surface area contributed by atoms with E-state index in [0.29, 0.717) is 16.1 Å². The van der Waals surface area contributed by atoms with E-state index in [1.165, 1.54) is 19.1 Å². The highest BCUT2D eigenvalue weighted by molar-refractivity contribution is 6.31. The summed E-state index contributed by atoms with van der Waals surface area (Å²) >= 11 is 5.94. The second kappa shape index (κ2) is 7.73. The predicted molar refractivity (Wildman–Crippen MR) is 82.6 cm³/mol. The number of halogens is 4. The number of hydrogen-bond donors (Lipinski definition) is 0. The van der Waals surface area contributed by atoms with Crippen molar-refractivity contribution in [2.75, 3.05) is 6.61 Å². The first kappa shape index (κ1) is 19.4. The maximum Gasteiger partial charge on any atom is 0.430 e. The minimum absolute atomic E-state index is 0.0257. The molecule has 0 fully saturated rings. The Hall–Kier alpha value is -1.69. The Labute approximate surface area is 138 Å². The van der Waals surface area contributed by atoms with Gasteiger partial charge >= 0.3 is 12.1 Å². The van der Waals surface area contributed by atoms with Gasteiger partial charge < -0.3 is 9.47 Å². The molecule has 0 radical (unpaired) electrons. The highest BCUT2D eigenvalue weighted by Gasteiger charge is 2.49. The van der Waals surface area contributed by atoms with E-state index in [1.54, 1.807) is 6.92 Å². The summed E-state index contributed by atoms with van der Waals surface area (Å²) in [5, 5.41) is 0.377. The molecule has 7 heteroatoms. The quantitative estimate of drug-likeness (QED) is 0.708. The molecule has 1 aromatic rings. The van der Waals surface area contributed by atoms with E-state index < -0.39 is 23.8 Å². The zero-order chi connectivity index (χ0) is 17.8. The number of alkyl halides is 3. The number of rotatable bonds is 2. The molecule has 0 N–H and O–H groups in total. The van der Waals surface area contributed by atoms with Crippen LogP contribution in [0.15, 0.2) is 17.7 Å². The molecule has 0 saturated heterocycles. The molecule has 0 amide bonds. The van der Waals surface area contributed by atoms with Crippen molar-refractivity contribution in [3.8, 4) is 5.75 Å². The van der Waals surface area contributed by atoms with Crippen molar-refractivity contribution in [1.29, 1.82) is 0 Å². The first-order valence-electron chi connectivity index (χ1n) is 7.17. The van der Waals surface area contributed by atoms with Crippen LogP contribution >= 0.6 is 11.6 Å². The van der Waals surface area contributed by atoms with Gasteiger partial charge in [0.15, 0.2) is 0 Å². The van der Waals surface area contributed by atoms with Crippen LogP contribution in [0, 0.1) is 6.92 Å². The molecule has 1 unspecified atom stereocenters. The summed E-state index contributed by atoms with van der Waals surface area (Å²) < 4.78 is 48.8. The van der Waals surface area contributed by atoms with Gasteiger partial charge in [-0.1, -0.05) is 25.4 Å². The molecule has 1 atom stereocenters. The summed E-state index contributed by atoms with van der Waals surface area (Å²) in [4.78, 5) is 11.8. The Morgan fingerprint density at radius 3 is 2.48 bits per heavy atom. The Kier molecular flexibility index (Phi) is 6.50. The summed E-state index contributed by atoms with van der Waals surface area (Å²) in [6.07, 6.45) is -5.93. The van der Waals surface area contributed by atoms with Crippen molar-refractivity contribution in [3.05, 3.63) is 33.9 Å². The molecule has 0 aromatic heterocycles. The molecule has 128 valence electrons. The zero-order valence-electron chi connectivity index (χ0n) is 13.3. The van der Waals surface area contributed by atoms with Crippen LogP contribution in [0.25, 0.3) is 6.08 Å². The molecule has 2 rings (SSSR count). The number of fused-ring (bicyclic) bond motifs is 1. The Bertz CT molecular complexity index is 609. The SMILES string of the molecule is CC.CCOC(=O)C1=Cc2c(ccc(Cl)c2C)OC1C(F)(F)F. The maximum absolute atomic E-state index is 13.1. The maximum atomic E-state index is 13.1. The first-order valence-corrected chi connectivity index (χ1v) is 7.54. The smallest absolute Gasteiger partial charge is 0.430 e. The standard InChI is InChI=1S/C14H12ClF3O3.C2H6/c1-3-20-13(19)9-6-8-7(2)10(15)4-5-11(8)21-12(9)14(16,17)18;1-2/h4-6,12H,3H2,1-2H3;1-2H3. The third-order valence-corrected chi connectivity index (χ3v) is 3.45. The van der Waals surface area contributed by atoms with Gasteiger partial charge in [-0.05, 0) is 37.6 Å². The van der Waals surface area contributed by atoms with Gasteiger partial charge in [0.2, 0.25) is 6.10 Å². The van der Waals surface area contributed by atoms with Gasteiger partial charge in [-0.15, -0.1) is 0 Å². The molecule has 0 aliphatic carbocycles. The largest absolute Gasteiger partial charge is 0.475 e. The zero-order valence-corrected chi connectivity index (χ0v) is 14.0. The van der Waals surface area contributed by atoms with E-state index in [4.69, 9.17) is 16.3 Å². The van der Waals surface area contributed by atoms with Crippen LogP contribution < -0.4 is 4.74 Å². The molecule has 1 aromatic carbocycles. The summed E-state index contributed by atoms with van der Waals surface area (Å²) in [5.74, 6) is -1.02. The van der Waals surface area contributed by atoms with E-state index in [9.17, 15) is 18.0 Å². The molecule has 1 heterocycles. The topological polar surface area (TPSA) is 35.5 Å². The Morgan fingerprint density at radius 1 is 1.35 bits per heavy atom. The lowest BCUT2D eigenvalue weighted by molar-refractivity contribution is -0.187. The van der Waals surface area contributed by atoms with Crippen LogP contribution in [0.5, 0.6) is 5.75 Å². The van der Waals surface area contributed by atoms with Crippen molar-refractivity contribution < 1.29 is 27.4 Å². The minimum Gasteiger partial charge on any atom is -0.475 e. The third-order valence-electron chi connectivity index (χ3n) is 3.04. The van der Waals surface area contributed by atoms with Gasteiger partial charge in [0.1, 0.15) is 5.75 Å². The predicted octanol–water partition coefficient (Wildman–Crippen LogP) is 4.94. The van der Waals surface area contributed by atoms with Gasteiger partial charge in [-0.2, -0.15) is 13.2 Å². The molecular weight excluding hydrogens is 333 g/mol. The van der Waals surface area contributed by atoms with Crippen LogP contribution in [0.2, 0.25) is 5.02 Å². The van der Waals surface area contributed by atoms with E-state index in [1.807, 2.05) is 13.8 Å². The Morgan fingerprint density at radius 2 is 1.96 bits per heavy atom.